The van der Waals surface area contributed by atoms with Crippen LogP contribution in [-0.2, 0) is 11.3 Å². The summed E-state index contributed by atoms with van der Waals surface area (Å²) < 4.78 is 11.5. The van der Waals surface area contributed by atoms with Gasteiger partial charge in [-0.2, -0.15) is 0 Å². The number of hydrogen-bond donors (Lipinski definition) is 2. The molecule has 2 aliphatic rings. The molecule has 0 amide bonds. The van der Waals surface area contributed by atoms with Crippen molar-refractivity contribution in [1.29, 1.82) is 0 Å². The maximum absolute atomic E-state index is 6.07. The van der Waals surface area contributed by atoms with E-state index in [0.717, 1.165) is 75.7 Å². The van der Waals surface area contributed by atoms with Crippen LogP contribution in [0.1, 0.15) is 30.9 Å². The van der Waals surface area contributed by atoms with Crippen LogP contribution in [0.5, 0.6) is 5.75 Å². The first-order valence-corrected chi connectivity index (χ1v) is 10.3. The Kier molecular flexibility index (Phi) is 7.78. The molecule has 150 valence electrons. The number of aryl methyl sites for hydroxylation is 1. The van der Waals surface area contributed by atoms with Gasteiger partial charge in [0.05, 0.1) is 26.4 Å². The number of ether oxygens (including phenoxy) is 2. The molecule has 0 radical (unpaired) electrons. The van der Waals surface area contributed by atoms with Crippen LogP contribution in [0.2, 0.25) is 0 Å². The Hall–Kier alpha value is -1.79. The highest BCUT2D eigenvalue weighted by molar-refractivity contribution is 5.79. The minimum atomic E-state index is 0.618. The Labute approximate surface area is 163 Å². The van der Waals surface area contributed by atoms with Crippen LogP contribution in [0.3, 0.4) is 0 Å². The lowest BCUT2D eigenvalue weighted by Gasteiger charge is -2.26. The number of morpholine rings is 1. The molecule has 0 atom stereocenters. The Morgan fingerprint density at radius 2 is 2.07 bits per heavy atom. The van der Waals surface area contributed by atoms with E-state index in [1.807, 2.05) is 0 Å². The zero-order chi connectivity index (χ0) is 18.9. The second-order valence-corrected chi connectivity index (χ2v) is 7.44. The molecular weight excluding hydrogens is 340 g/mol. The van der Waals surface area contributed by atoms with Gasteiger partial charge in [0.2, 0.25) is 0 Å². The zero-order valence-corrected chi connectivity index (χ0v) is 16.8. The molecule has 1 aromatic rings. The summed E-state index contributed by atoms with van der Waals surface area (Å²) in [5.41, 5.74) is 2.37. The third-order valence-corrected chi connectivity index (χ3v) is 4.97. The zero-order valence-electron chi connectivity index (χ0n) is 16.8. The Bertz CT molecular complexity index is 610. The highest BCUT2D eigenvalue weighted by Crippen LogP contribution is 2.30. The fourth-order valence-corrected chi connectivity index (χ4v) is 3.08. The van der Waals surface area contributed by atoms with E-state index < -0.39 is 0 Å². The number of guanidine groups is 1. The largest absolute Gasteiger partial charge is 0.493 e. The van der Waals surface area contributed by atoms with Crippen LogP contribution in [0.15, 0.2) is 23.2 Å². The number of benzene rings is 1. The van der Waals surface area contributed by atoms with Crippen molar-refractivity contribution in [3.63, 3.8) is 0 Å². The van der Waals surface area contributed by atoms with E-state index in [1.54, 1.807) is 0 Å². The summed E-state index contributed by atoms with van der Waals surface area (Å²) in [4.78, 5) is 7.19. The molecule has 3 rings (SSSR count). The van der Waals surface area contributed by atoms with Gasteiger partial charge in [-0.25, -0.2) is 4.99 Å². The summed E-state index contributed by atoms with van der Waals surface area (Å²) in [6.07, 6.45) is 2.61. The van der Waals surface area contributed by atoms with Crippen LogP contribution >= 0.6 is 0 Å². The number of hydrogen-bond acceptors (Lipinski definition) is 4. The molecule has 2 N–H and O–H groups in total. The van der Waals surface area contributed by atoms with E-state index in [9.17, 15) is 0 Å². The second kappa shape index (κ2) is 10.5. The summed E-state index contributed by atoms with van der Waals surface area (Å²) >= 11 is 0. The van der Waals surface area contributed by atoms with Gasteiger partial charge in [0.25, 0.3) is 0 Å². The van der Waals surface area contributed by atoms with Crippen LogP contribution in [0.25, 0.3) is 0 Å². The lowest BCUT2D eigenvalue weighted by atomic mass is 10.1. The van der Waals surface area contributed by atoms with Gasteiger partial charge in [-0.15, -0.1) is 0 Å². The molecule has 6 nitrogen and oxygen atoms in total. The van der Waals surface area contributed by atoms with E-state index >= 15 is 0 Å². The lowest BCUT2D eigenvalue weighted by molar-refractivity contribution is 0.0389. The minimum Gasteiger partial charge on any atom is -0.493 e. The molecule has 0 aromatic heterocycles. The first-order chi connectivity index (χ1) is 13.2. The van der Waals surface area contributed by atoms with Crippen molar-refractivity contribution in [1.82, 2.24) is 15.5 Å². The smallest absolute Gasteiger partial charge is 0.191 e. The quantitative estimate of drug-likeness (QED) is 0.512. The normalized spacial score (nSPS) is 18.4. The fraction of sp³-hybridized carbons (Fsp3) is 0.667. The molecule has 1 aromatic carbocycles. The molecular formula is C21H34N4O2. The molecule has 6 heteroatoms. The average molecular weight is 375 g/mol. The molecule has 1 heterocycles. The minimum absolute atomic E-state index is 0.618. The van der Waals surface area contributed by atoms with Gasteiger partial charge in [0, 0.05) is 38.3 Å². The van der Waals surface area contributed by atoms with Crippen molar-refractivity contribution in [2.75, 3.05) is 52.5 Å². The third kappa shape index (κ3) is 7.03. The summed E-state index contributed by atoms with van der Waals surface area (Å²) in [6, 6.07) is 6.40. The topological polar surface area (TPSA) is 58.1 Å². The maximum atomic E-state index is 6.07. The first kappa shape index (κ1) is 20.0. The molecule has 1 saturated carbocycles. The van der Waals surface area contributed by atoms with Gasteiger partial charge in [0.15, 0.2) is 5.96 Å². The van der Waals surface area contributed by atoms with E-state index in [-0.39, 0.29) is 0 Å². The molecule has 0 spiro atoms. The summed E-state index contributed by atoms with van der Waals surface area (Å²) in [7, 11) is 0. The monoisotopic (exact) mass is 374 g/mol. The van der Waals surface area contributed by atoms with Crippen molar-refractivity contribution >= 4 is 5.96 Å². The standard InChI is InChI=1S/C21H34N4O2/c1-3-22-21(23-8-9-25-10-12-26-13-11-25)24-15-19-7-4-17(2)14-20(19)27-16-18-5-6-18/h4,7,14,18H,3,5-6,8-13,15-16H2,1-2H3,(H2,22,23,24). The number of aliphatic imine (C=N–C) groups is 1. The Morgan fingerprint density at radius 3 is 2.81 bits per heavy atom. The Morgan fingerprint density at radius 1 is 1.26 bits per heavy atom. The lowest BCUT2D eigenvalue weighted by Crippen LogP contribution is -2.44. The SMILES string of the molecule is CCNC(=NCc1ccc(C)cc1OCC1CC1)NCCN1CCOCC1. The number of nitrogens with zero attached hydrogens (tertiary/aromatic N) is 2. The van der Waals surface area contributed by atoms with Gasteiger partial charge in [0.1, 0.15) is 5.75 Å². The fourth-order valence-electron chi connectivity index (χ4n) is 3.08. The highest BCUT2D eigenvalue weighted by atomic mass is 16.5. The van der Waals surface area contributed by atoms with Gasteiger partial charge < -0.3 is 20.1 Å². The van der Waals surface area contributed by atoms with Crippen molar-refractivity contribution < 1.29 is 9.47 Å². The van der Waals surface area contributed by atoms with Gasteiger partial charge >= 0.3 is 0 Å². The summed E-state index contributed by atoms with van der Waals surface area (Å²) in [5, 5.41) is 6.78. The van der Waals surface area contributed by atoms with Crippen molar-refractivity contribution in [2.45, 2.75) is 33.2 Å². The highest BCUT2D eigenvalue weighted by Gasteiger charge is 2.22. The van der Waals surface area contributed by atoms with Crippen molar-refractivity contribution in [2.24, 2.45) is 10.9 Å². The predicted octanol–water partition coefficient (Wildman–Crippen LogP) is 2.17. The van der Waals surface area contributed by atoms with Crippen LogP contribution in [-0.4, -0.2) is 63.4 Å². The van der Waals surface area contributed by atoms with Gasteiger partial charge in [-0.1, -0.05) is 12.1 Å². The average Bonchev–Trinajstić information content (AvgIpc) is 3.51. The van der Waals surface area contributed by atoms with E-state index in [0.29, 0.717) is 6.54 Å². The second-order valence-electron chi connectivity index (χ2n) is 7.44. The van der Waals surface area contributed by atoms with Crippen LogP contribution in [0.4, 0.5) is 0 Å². The predicted molar refractivity (Wildman–Crippen MR) is 109 cm³/mol. The Balaban J connectivity index is 1.53. The molecule has 27 heavy (non-hydrogen) atoms. The maximum Gasteiger partial charge on any atom is 0.191 e. The molecule has 1 saturated heterocycles. The van der Waals surface area contributed by atoms with Crippen molar-refractivity contribution in [3.8, 4) is 5.75 Å². The van der Waals surface area contributed by atoms with Crippen LogP contribution < -0.4 is 15.4 Å². The molecule has 1 aliphatic carbocycles. The number of rotatable bonds is 9. The third-order valence-electron chi connectivity index (χ3n) is 4.97. The van der Waals surface area contributed by atoms with Gasteiger partial charge in [-0.3, -0.25) is 4.90 Å². The van der Waals surface area contributed by atoms with E-state index in [1.165, 1.54) is 18.4 Å². The molecule has 2 fully saturated rings. The molecule has 0 unspecified atom stereocenters. The number of nitrogens with one attached hydrogen (secondary N) is 2. The van der Waals surface area contributed by atoms with E-state index in [2.05, 4.69) is 47.6 Å². The summed E-state index contributed by atoms with van der Waals surface area (Å²) in [5.74, 6) is 2.59. The van der Waals surface area contributed by atoms with Crippen molar-refractivity contribution in [3.05, 3.63) is 29.3 Å². The van der Waals surface area contributed by atoms with Gasteiger partial charge in [-0.05, 0) is 44.2 Å². The van der Waals surface area contributed by atoms with E-state index in [4.69, 9.17) is 14.5 Å². The summed E-state index contributed by atoms with van der Waals surface area (Å²) in [6.45, 7) is 12.1. The molecule has 0 bridgehead atoms. The van der Waals surface area contributed by atoms with Crippen LogP contribution in [0, 0.1) is 12.8 Å². The molecule has 1 aliphatic heterocycles. The first-order valence-electron chi connectivity index (χ1n) is 10.3.